The molecule has 0 aliphatic rings. The summed E-state index contributed by atoms with van der Waals surface area (Å²) in [6.07, 6.45) is 3.85. The van der Waals surface area contributed by atoms with Gasteiger partial charge in [0, 0.05) is 11.5 Å². The lowest BCUT2D eigenvalue weighted by Crippen LogP contribution is -1.78. The van der Waals surface area contributed by atoms with Gasteiger partial charge in [-0.15, -0.1) is 0 Å². The van der Waals surface area contributed by atoms with E-state index < -0.39 is 0 Å². The Morgan fingerprint density at radius 2 is 1.94 bits per heavy atom. The monoisotopic (exact) mass is 209 g/mol. The zero-order valence-electron chi connectivity index (χ0n) is 8.74. The molecule has 0 radical (unpaired) electrons. The lowest BCUT2D eigenvalue weighted by atomic mass is 10.0. The van der Waals surface area contributed by atoms with Gasteiger partial charge in [-0.3, -0.25) is 0 Å². The number of hydrogen-bond donors (Lipinski definition) is 0. The lowest BCUT2D eigenvalue weighted by Gasteiger charge is -2.00. The van der Waals surface area contributed by atoms with Crippen molar-refractivity contribution in [3.63, 3.8) is 0 Å². The van der Waals surface area contributed by atoms with Crippen LogP contribution in [0, 0.1) is 0 Å². The minimum Gasteiger partial charge on any atom is -0.0899 e. The minimum absolute atomic E-state index is 0.389. The molecule has 0 unspecified atom stereocenters. The van der Waals surface area contributed by atoms with Gasteiger partial charge in [0.05, 0.1) is 0 Å². The van der Waals surface area contributed by atoms with Gasteiger partial charge in [-0.05, 0) is 21.9 Å². The first kappa shape index (κ1) is 10.3. The van der Waals surface area contributed by atoms with E-state index in [0.717, 1.165) is 5.56 Å². The van der Waals surface area contributed by atoms with Crippen molar-refractivity contribution in [2.45, 2.75) is 0 Å². The average Bonchev–Trinajstić information content (AvgIpc) is 2.35. The van der Waals surface area contributed by atoms with Crippen molar-refractivity contribution < 1.29 is 0 Å². The fourth-order valence-corrected chi connectivity index (χ4v) is 1.66. The first-order valence-corrected chi connectivity index (χ1v) is 5.07. The van der Waals surface area contributed by atoms with Gasteiger partial charge in [0.15, 0.2) is 0 Å². The van der Waals surface area contributed by atoms with Crippen LogP contribution >= 0.6 is 0 Å². The molecule has 3 heteroatoms. The van der Waals surface area contributed by atoms with E-state index in [2.05, 4.69) is 34.3 Å². The second kappa shape index (κ2) is 5.01. The first-order valence-electron chi connectivity index (χ1n) is 5.07. The van der Waals surface area contributed by atoms with Crippen molar-refractivity contribution >= 4 is 16.8 Å². The van der Waals surface area contributed by atoms with Crippen molar-refractivity contribution in [1.82, 2.24) is 0 Å². The Morgan fingerprint density at radius 3 is 2.81 bits per heavy atom. The van der Waals surface area contributed by atoms with Crippen molar-refractivity contribution in [3.8, 4) is 0 Å². The summed E-state index contributed by atoms with van der Waals surface area (Å²) in [5, 5.41) is 5.89. The van der Waals surface area contributed by atoms with Gasteiger partial charge in [0.25, 0.3) is 0 Å². The normalized spacial score (nSPS) is 10.5. The summed E-state index contributed by atoms with van der Waals surface area (Å²) in [7, 11) is 0. The van der Waals surface area contributed by atoms with Crippen LogP contribution in [-0.2, 0) is 0 Å². The van der Waals surface area contributed by atoms with E-state index in [9.17, 15) is 0 Å². The summed E-state index contributed by atoms with van der Waals surface area (Å²) in [5.74, 6) is 0. The van der Waals surface area contributed by atoms with Crippen molar-refractivity contribution in [2.24, 2.45) is 5.11 Å². The van der Waals surface area contributed by atoms with Gasteiger partial charge in [0.1, 0.15) is 0 Å². The second-order valence-electron chi connectivity index (χ2n) is 3.38. The highest BCUT2D eigenvalue weighted by molar-refractivity contribution is 5.90. The van der Waals surface area contributed by atoms with E-state index in [1.807, 2.05) is 30.4 Å². The average molecular weight is 209 g/mol. The third kappa shape index (κ3) is 2.22. The number of azide groups is 1. The van der Waals surface area contributed by atoms with Gasteiger partial charge in [0.2, 0.25) is 0 Å². The van der Waals surface area contributed by atoms with Crippen molar-refractivity contribution in [1.29, 1.82) is 0 Å². The molecule has 2 aromatic carbocycles. The maximum absolute atomic E-state index is 8.16. The minimum atomic E-state index is 0.389. The zero-order valence-corrected chi connectivity index (χ0v) is 8.74. The molecule has 0 saturated heterocycles. The molecule has 2 aromatic rings. The van der Waals surface area contributed by atoms with E-state index in [-0.39, 0.29) is 0 Å². The zero-order chi connectivity index (χ0) is 11.2. The molecular formula is C13H11N3. The lowest BCUT2D eigenvalue weighted by molar-refractivity contribution is 1.22. The molecule has 0 atom stereocenters. The summed E-state index contributed by atoms with van der Waals surface area (Å²) in [5.41, 5.74) is 9.30. The predicted molar refractivity (Wildman–Crippen MR) is 67.0 cm³/mol. The fourth-order valence-electron chi connectivity index (χ4n) is 1.66. The largest absolute Gasteiger partial charge is 0.0899 e. The fraction of sp³-hybridized carbons (Fsp3) is 0.0769. The first-order chi connectivity index (χ1) is 7.92. The van der Waals surface area contributed by atoms with E-state index in [1.54, 1.807) is 0 Å². The van der Waals surface area contributed by atoms with E-state index in [4.69, 9.17) is 5.53 Å². The Morgan fingerprint density at radius 1 is 1.12 bits per heavy atom. The van der Waals surface area contributed by atoms with Crippen molar-refractivity contribution in [3.05, 3.63) is 64.5 Å². The van der Waals surface area contributed by atoms with Crippen LogP contribution in [0.15, 0.2) is 53.7 Å². The van der Waals surface area contributed by atoms with Crippen LogP contribution in [0.3, 0.4) is 0 Å². The molecule has 16 heavy (non-hydrogen) atoms. The van der Waals surface area contributed by atoms with Crippen molar-refractivity contribution in [2.75, 3.05) is 6.54 Å². The van der Waals surface area contributed by atoms with Crippen LogP contribution in [0.25, 0.3) is 27.3 Å². The molecule has 0 N–H and O–H groups in total. The van der Waals surface area contributed by atoms with Gasteiger partial charge in [-0.2, -0.15) is 0 Å². The molecule has 78 valence electrons. The standard InChI is InChI=1S/C13H11N3/c14-16-15-10-4-8-12-7-3-6-11-5-1-2-9-13(11)12/h1-9H,10H2. The summed E-state index contributed by atoms with van der Waals surface area (Å²) >= 11 is 0. The molecule has 0 aliphatic carbocycles. The van der Waals surface area contributed by atoms with Crippen LogP contribution < -0.4 is 0 Å². The maximum Gasteiger partial charge on any atom is 0.0443 e. The molecule has 0 amide bonds. The number of fused-ring (bicyclic) bond motifs is 1. The summed E-state index contributed by atoms with van der Waals surface area (Å²) in [6, 6.07) is 14.4. The van der Waals surface area contributed by atoms with Crippen LogP contribution in [0.1, 0.15) is 5.56 Å². The number of nitrogens with zero attached hydrogens (tertiary/aromatic N) is 3. The third-order valence-electron chi connectivity index (χ3n) is 2.37. The van der Waals surface area contributed by atoms with Gasteiger partial charge >= 0.3 is 0 Å². The Bertz CT molecular complexity index is 561. The van der Waals surface area contributed by atoms with Crippen LogP contribution in [0.2, 0.25) is 0 Å². The molecule has 0 aliphatic heterocycles. The maximum atomic E-state index is 8.16. The molecule has 0 fully saturated rings. The summed E-state index contributed by atoms with van der Waals surface area (Å²) < 4.78 is 0. The topological polar surface area (TPSA) is 48.8 Å². The number of rotatable bonds is 3. The van der Waals surface area contributed by atoms with Gasteiger partial charge in [-0.1, -0.05) is 59.7 Å². The molecular weight excluding hydrogens is 198 g/mol. The Labute approximate surface area is 93.7 Å². The molecule has 0 aromatic heterocycles. The summed E-state index contributed by atoms with van der Waals surface area (Å²) in [4.78, 5) is 2.70. The molecule has 0 bridgehead atoms. The highest BCUT2D eigenvalue weighted by Gasteiger charge is 1.95. The third-order valence-corrected chi connectivity index (χ3v) is 2.37. The number of benzene rings is 2. The van der Waals surface area contributed by atoms with E-state index in [0.29, 0.717) is 6.54 Å². The predicted octanol–water partition coefficient (Wildman–Crippen LogP) is 4.16. The van der Waals surface area contributed by atoms with E-state index in [1.165, 1.54) is 10.8 Å². The molecule has 3 nitrogen and oxygen atoms in total. The molecule has 0 saturated carbocycles. The molecule has 0 heterocycles. The van der Waals surface area contributed by atoms with E-state index >= 15 is 0 Å². The quantitative estimate of drug-likeness (QED) is 0.414. The second-order valence-corrected chi connectivity index (χ2v) is 3.38. The number of hydrogen-bond acceptors (Lipinski definition) is 1. The summed E-state index contributed by atoms with van der Waals surface area (Å²) in [6.45, 7) is 0.389. The Balaban J connectivity index is 2.37. The van der Waals surface area contributed by atoms with Crippen LogP contribution in [0.4, 0.5) is 0 Å². The SMILES string of the molecule is [N-]=[N+]=NCC=Cc1cccc2ccccc12. The van der Waals surface area contributed by atoms with Crippen LogP contribution in [0.5, 0.6) is 0 Å². The van der Waals surface area contributed by atoms with Gasteiger partial charge < -0.3 is 0 Å². The Kier molecular flexibility index (Phi) is 3.22. The molecule has 2 rings (SSSR count). The highest BCUT2D eigenvalue weighted by Crippen LogP contribution is 2.19. The van der Waals surface area contributed by atoms with Gasteiger partial charge in [-0.25, -0.2) is 0 Å². The Hall–Kier alpha value is -2.25. The smallest absolute Gasteiger partial charge is 0.0443 e. The highest BCUT2D eigenvalue weighted by atomic mass is 15.1. The van der Waals surface area contributed by atoms with Crippen LogP contribution in [-0.4, -0.2) is 6.54 Å². The molecule has 0 spiro atoms.